The van der Waals surface area contributed by atoms with Crippen molar-refractivity contribution < 1.29 is 4.79 Å². The molecule has 4 nitrogen and oxygen atoms in total. The van der Waals surface area contributed by atoms with Gasteiger partial charge in [0.2, 0.25) is 5.91 Å². The van der Waals surface area contributed by atoms with E-state index in [9.17, 15) is 4.79 Å². The van der Waals surface area contributed by atoms with Crippen LogP contribution in [0.1, 0.15) is 55.6 Å². The summed E-state index contributed by atoms with van der Waals surface area (Å²) in [5.74, 6) is 2.04. The minimum atomic E-state index is 0.354. The lowest BCUT2D eigenvalue weighted by Crippen LogP contribution is -2.50. The molecule has 1 N–H and O–H groups in total. The van der Waals surface area contributed by atoms with Crippen LogP contribution in [0.5, 0.6) is 0 Å². The number of hydrogen-bond acceptors (Lipinski definition) is 4. The van der Waals surface area contributed by atoms with Gasteiger partial charge in [-0.05, 0) is 38.0 Å². The minimum Gasteiger partial charge on any atom is -0.342 e. The summed E-state index contributed by atoms with van der Waals surface area (Å²) in [6, 6.07) is 0.509. The molecule has 3 fully saturated rings. The summed E-state index contributed by atoms with van der Waals surface area (Å²) < 4.78 is 0. The molecular formula is C17H25N3OS. The van der Waals surface area contributed by atoms with Crippen molar-refractivity contribution in [3.63, 3.8) is 0 Å². The third-order valence-corrected chi connectivity index (χ3v) is 6.24. The number of piperidine rings is 1. The molecule has 0 spiro atoms. The van der Waals surface area contributed by atoms with Crippen LogP contribution in [0.4, 0.5) is 0 Å². The highest BCUT2D eigenvalue weighted by Gasteiger charge is 2.36. The van der Waals surface area contributed by atoms with Crippen molar-refractivity contribution in [2.24, 2.45) is 11.8 Å². The summed E-state index contributed by atoms with van der Waals surface area (Å²) in [5.41, 5.74) is 1.19. The molecule has 2 atom stereocenters. The summed E-state index contributed by atoms with van der Waals surface area (Å²) in [7, 11) is 0. The molecule has 2 heterocycles. The van der Waals surface area contributed by atoms with Crippen LogP contribution in [-0.4, -0.2) is 34.9 Å². The molecule has 0 radical (unpaired) electrons. The van der Waals surface area contributed by atoms with Crippen molar-refractivity contribution in [2.75, 3.05) is 13.1 Å². The largest absolute Gasteiger partial charge is 0.342 e. The second kappa shape index (κ2) is 5.93. The van der Waals surface area contributed by atoms with Gasteiger partial charge >= 0.3 is 0 Å². The number of nitrogens with zero attached hydrogens (tertiary/aromatic N) is 2. The number of amides is 1. The molecule has 120 valence electrons. The lowest BCUT2D eigenvalue weighted by atomic mass is 9.93. The van der Waals surface area contributed by atoms with Crippen LogP contribution in [0.25, 0.3) is 0 Å². The van der Waals surface area contributed by atoms with Gasteiger partial charge in [-0.1, -0.05) is 6.92 Å². The zero-order chi connectivity index (χ0) is 15.1. The molecule has 5 heteroatoms. The molecule has 3 aliphatic rings. The summed E-state index contributed by atoms with van der Waals surface area (Å²) in [6.07, 6.45) is 5.94. The van der Waals surface area contributed by atoms with Gasteiger partial charge in [0.05, 0.1) is 10.7 Å². The van der Waals surface area contributed by atoms with E-state index in [1.54, 1.807) is 0 Å². The smallest absolute Gasteiger partial charge is 0.225 e. The Morgan fingerprint density at radius 1 is 1.36 bits per heavy atom. The third-order valence-electron chi connectivity index (χ3n) is 5.19. The van der Waals surface area contributed by atoms with E-state index in [0.29, 0.717) is 23.8 Å². The number of aromatic nitrogens is 1. The first kappa shape index (κ1) is 14.6. The van der Waals surface area contributed by atoms with Gasteiger partial charge in [-0.25, -0.2) is 4.98 Å². The van der Waals surface area contributed by atoms with E-state index < -0.39 is 0 Å². The molecule has 1 aromatic heterocycles. The molecule has 22 heavy (non-hydrogen) atoms. The number of carbonyl (C=O) groups is 1. The van der Waals surface area contributed by atoms with Crippen molar-refractivity contribution in [1.29, 1.82) is 0 Å². The molecule has 1 aromatic rings. The topological polar surface area (TPSA) is 45.2 Å². The first-order chi connectivity index (χ1) is 10.7. The monoisotopic (exact) mass is 319 g/mol. The molecule has 2 unspecified atom stereocenters. The maximum absolute atomic E-state index is 12.2. The Bertz CT molecular complexity index is 550. The lowest BCUT2D eigenvalue weighted by Gasteiger charge is -2.37. The van der Waals surface area contributed by atoms with Crippen LogP contribution in [0, 0.1) is 11.8 Å². The van der Waals surface area contributed by atoms with Crippen LogP contribution in [0.3, 0.4) is 0 Å². The highest BCUT2D eigenvalue weighted by molar-refractivity contribution is 7.09. The first-order valence-corrected chi connectivity index (χ1v) is 9.55. The van der Waals surface area contributed by atoms with Gasteiger partial charge in [-0.2, -0.15) is 0 Å². The molecule has 4 rings (SSSR count). The molecule has 0 aromatic carbocycles. The van der Waals surface area contributed by atoms with Crippen molar-refractivity contribution in [2.45, 2.75) is 57.5 Å². The van der Waals surface area contributed by atoms with Crippen molar-refractivity contribution in [3.8, 4) is 0 Å². The predicted molar refractivity (Wildman–Crippen MR) is 87.8 cm³/mol. The fourth-order valence-corrected chi connectivity index (χ4v) is 4.39. The summed E-state index contributed by atoms with van der Waals surface area (Å²) in [5, 5.41) is 7.20. The molecule has 2 saturated carbocycles. The van der Waals surface area contributed by atoms with E-state index in [1.165, 1.54) is 23.5 Å². The second-order valence-electron chi connectivity index (χ2n) is 7.26. The second-order valence-corrected chi connectivity index (χ2v) is 8.15. The normalized spacial score (nSPS) is 28.9. The van der Waals surface area contributed by atoms with Crippen LogP contribution in [0.15, 0.2) is 5.38 Å². The average molecular weight is 319 g/mol. The number of nitrogens with one attached hydrogen (secondary N) is 1. The van der Waals surface area contributed by atoms with E-state index in [-0.39, 0.29) is 0 Å². The van der Waals surface area contributed by atoms with Crippen LogP contribution >= 0.6 is 11.3 Å². The van der Waals surface area contributed by atoms with Crippen LogP contribution in [-0.2, 0) is 11.3 Å². The van der Waals surface area contributed by atoms with Crippen LogP contribution in [0.2, 0.25) is 0 Å². The van der Waals surface area contributed by atoms with E-state index in [1.807, 2.05) is 11.3 Å². The SMILES string of the molecule is CC1CN(C(=O)C2CC2)CCC1NCc1csc(C2CC2)n1. The Morgan fingerprint density at radius 3 is 2.86 bits per heavy atom. The van der Waals surface area contributed by atoms with Gasteiger partial charge in [-0.3, -0.25) is 4.79 Å². The average Bonchev–Trinajstić information content (AvgIpc) is 3.44. The fraction of sp³-hybridized carbons (Fsp3) is 0.765. The van der Waals surface area contributed by atoms with Gasteiger partial charge in [0, 0.05) is 42.9 Å². The maximum atomic E-state index is 12.2. The highest BCUT2D eigenvalue weighted by Crippen LogP contribution is 2.41. The Morgan fingerprint density at radius 2 is 2.18 bits per heavy atom. The predicted octanol–water partition coefficient (Wildman–Crippen LogP) is 2.76. The first-order valence-electron chi connectivity index (χ1n) is 8.67. The molecule has 1 amide bonds. The van der Waals surface area contributed by atoms with E-state index in [0.717, 1.165) is 44.8 Å². The fourth-order valence-electron chi connectivity index (χ4n) is 3.39. The Balaban J connectivity index is 1.27. The Hall–Kier alpha value is -0.940. The standard InChI is InChI=1S/C17H25N3OS/c1-11-9-20(17(21)13-4-5-13)7-6-15(11)18-8-14-10-22-16(19-14)12-2-3-12/h10-13,15,18H,2-9H2,1H3. The zero-order valence-electron chi connectivity index (χ0n) is 13.3. The summed E-state index contributed by atoms with van der Waals surface area (Å²) in [4.78, 5) is 19.0. The number of hydrogen-bond donors (Lipinski definition) is 1. The van der Waals surface area contributed by atoms with E-state index >= 15 is 0 Å². The maximum Gasteiger partial charge on any atom is 0.225 e. The van der Waals surface area contributed by atoms with Crippen molar-refractivity contribution >= 4 is 17.2 Å². The molecule has 0 bridgehead atoms. The molecule has 1 aliphatic heterocycles. The lowest BCUT2D eigenvalue weighted by molar-refractivity contribution is -0.134. The number of likely N-dealkylation sites (tertiary alicyclic amines) is 1. The van der Waals surface area contributed by atoms with E-state index in [2.05, 4.69) is 22.5 Å². The highest BCUT2D eigenvalue weighted by atomic mass is 32.1. The van der Waals surface area contributed by atoms with Crippen molar-refractivity contribution in [3.05, 3.63) is 16.1 Å². The number of carbonyl (C=O) groups excluding carboxylic acids is 1. The molecule has 1 saturated heterocycles. The van der Waals surface area contributed by atoms with Gasteiger partial charge < -0.3 is 10.2 Å². The Labute approximate surface area is 136 Å². The minimum absolute atomic E-state index is 0.354. The zero-order valence-corrected chi connectivity index (χ0v) is 14.1. The number of thiazole rings is 1. The van der Waals surface area contributed by atoms with Crippen molar-refractivity contribution in [1.82, 2.24) is 15.2 Å². The van der Waals surface area contributed by atoms with E-state index in [4.69, 9.17) is 4.98 Å². The quantitative estimate of drug-likeness (QED) is 0.908. The van der Waals surface area contributed by atoms with Crippen LogP contribution < -0.4 is 5.32 Å². The molecular weight excluding hydrogens is 294 g/mol. The third kappa shape index (κ3) is 3.20. The van der Waals surface area contributed by atoms with Gasteiger partial charge in [-0.15, -0.1) is 11.3 Å². The Kier molecular flexibility index (Phi) is 3.95. The van der Waals surface area contributed by atoms with Gasteiger partial charge in [0.15, 0.2) is 0 Å². The molecule has 2 aliphatic carbocycles. The summed E-state index contributed by atoms with van der Waals surface area (Å²) >= 11 is 1.82. The van der Waals surface area contributed by atoms with Gasteiger partial charge in [0.1, 0.15) is 0 Å². The number of rotatable bonds is 5. The summed E-state index contributed by atoms with van der Waals surface area (Å²) in [6.45, 7) is 4.97. The van der Waals surface area contributed by atoms with Gasteiger partial charge in [0.25, 0.3) is 0 Å².